The van der Waals surface area contributed by atoms with Crippen molar-refractivity contribution in [2.75, 3.05) is 19.7 Å². The number of benzene rings is 2. The van der Waals surface area contributed by atoms with Crippen LogP contribution < -0.4 is 0 Å². The average molecular weight is 295 g/mol. The highest BCUT2D eigenvalue weighted by molar-refractivity contribution is 5.86. The number of nitrogens with zero attached hydrogens (tertiary/aromatic N) is 1. The van der Waals surface area contributed by atoms with Gasteiger partial charge in [0.05, 0.1) is 12.5 Å². The first kappa shape index (κ1) is 13.8. The van der Waals surface area contributed by atoms with Crippen molar-refractivity contribution >= 4 is 16.7 Å². The van der Waals surface area contributed by atoms with Crippen LogP contribution >= 0.6 is 0 Å². The second-order valence-corrected chi connectivity index (χ2v) is 6.52. The Bertz CT molecular complexity index is 706. The van der Waals surface area contributed by atoms with Crippen LogP contribution in [0.3, 0.4) is 0 Å². The summed E-state index contributed by atoms with van der Waals surface area (Å²) in [4.78, 5) is 14.4. The Morgan fingerprint density at radius 1 is 1.14 bits per heavy atom. The molecule has 2 unspecified atom stereocenters. The molecule has 0 amide bonds. The molecule has 114 valence electrons. The van der Waals surface area contributed by atoms with Gasteiger partial charge in [0, 0.05) is 19.1 Å². The van der Waals surface area contributed by atoms with E-state index in [1.165, 1.54) is 16.3 Å². The van der Waals surface area contributed by atoms with Crippen molar-refractivity contribution < 1.29 is 9.53 Å². The maximum Gasteiger partial charge on any atom is 0.310 e. The highest BCUT2D eigenvalue weighted by Crippen LogP contribution is 2.37. The van der Waals surface area contributed by atoms with E-state index in [0.29, 0.717) is 18.6 Å². The van der Waals surface area contributed by atoms with E-state index in [0.717, 1.165) is 19.5 Å². The van der Waals surface area contributed by atoms with E-state index in [-0.39, 0.29) is 11.9 Å². The first-order chi connectivity index (χ1) is 10.7. The van der Waals surface area contributed by atoms with E-state index in [4.69, 9.17) is 4.74 Å². The van der Waals surface area contributed by atoms with Gasteiger partial charge in [-0.3, -0.25) is 9.69 Å². The fraction of sp³-hybridized carbons (Fsp3) is 0.421. The Labute approximate surface area is 130 Å². The Hall–Kier alpha value is -1.87. The van der Waals surface area contributed by atoms with Crippen LogP contribution in [0.2, 0.25) is 0 Å². The maximum atomic E-state index is 11.9. The summed E-state index contributed by atoms with van der Waals surface area (Å²) in [5, 5.41) is 2.60. The van der Waals surface area contributed by atoms with Gasteiger partial charge in [0.2, 0.25) is 0 Å². The molecule has 0 aromatic heterocycles. The third-order valence-corrected chi connectivity index (χ3v) is 5.33. The number of carbonyl (C=O) groups excluding carboxylic acids is 1. The minimum Gasteiger partial charge on any atom is -0.465 e. The van der Waals surface area contributed by atoms with E-state index in [1.807, 2.05) is 0 Å². The van der Waals surface area contributed by atoms with Crippen LogP contribution in [0.4, 0.5) is 0 Å². The number of likely N-dealkylation sites (tertiary alicyclic amines) is 1. The van der Waals surface area contributed by atoms with Crippen LogP contribution in [0.25, 0.3) is 10.8 Å². The molecule has 2 aliphatic rings. The van der Waals surface area contributed by atoms with E-state index in [2.05, 4.69) is 54.3 Å². The van der Waals surface area contributed by atoms with Gasteiger partial charge in [-0.1, -0.05) is 42.5 Å². The number of hydrogen-bond donors (Lipinski definition) is 0. The smallest absolute Gasteiger partial charge is 0.310 e. The summed E-state index contributed by atoms with van der Waals surface area (Å²) in [5.41, 5.74) is 1.35. The highest BCUT2D eigenvalue weighted by Gasteiger charge is 2.42. The number of carbonyl (C=O) groups is 1. The quantitative estimate of drug-likeness (QED) is 0.795. The van der Waals surface area contributed by atoms with Crippen molar-refractivity contribution in [1.82, 2.24) is 4.90 Å². The number of hydrogen-bond acceptors (Lipinski definition) is 3. The number of cyclic esters (lactones) is 1. The predicted molar refractivity (Wildman–Crippen MR) is 86.5 cm³/mol. The van der Waals surface area contributed by atoms with Crippen molar-refractivity contribution in [2.24, 2.45) is 11.8 Å². The molecule has 3 atom stereocenters. The fourth-order valence-electron chi connectivity index (χ4n) is 4.01. The minimum absolute atomic E-state index is 0.00358. The second-order valence-electron chi connectivity index (χ2n) is 6.52. The molecular formula is C19H21NO2. The molecule has 0 aliphatic carbocycles. The van der Waals surface area contributed by atoms with Crippen molar-refractivity contribution in [3.8, 4) is 0 Å². The molecule has 0 bridgehead atoms. The zero-order valence-corrected chi connectivity index (χ0v) is 12.9. The minimum atomic E-state index is 0.00358. The van der Waals surface area contributed by atoms with Crippen LogP contribution in [0.5, 0.6) is 0 Å². The lowest BCUT2D eigenvalue weighted by atomic mass is 9.91. The van der Waals surface area contributed by atoms with Gasteiger partial charge >= 0.3 is 5.97 Å². The molecule has 3 nitrogen and oxygen atoms in total. The molecule has 0 saturated carbocycles. The summed E-state index contributed by atoms with van der Waals surface area (Å²) in [6.45, 7) is 4.68. The van der Waals surface area contributed by atoms with Gasteiger partial charge in [-0.05, 0) is 35.6 Å². The Morgan fingerprint density at radius 2 is 1.95 bits per heavy atom. The molecular weight excluding hydrogens is 274 g/mol. The third kappa shape index (κ3) is 2.20. The summed E-state index contributed by atoms with van der Waals surface area (Å²) in [7, 11) is 0. The van der Waals surface area contributed by atoms with E-state index < -0.39 is 0 Å². The van der Waals surface area contributed by atoms with Crippen LogP contribution in [-0.2, 0) is 9.53 Å². The van der Waals surface area contributed by atoms with E-state index >= 15 is 0 Å². The monoisotopic (exact) mass is 295 g/mol. The Morgan fingerprint density at radius 3 is 2.82 bits per heavy atom. The third-order valence-electron chi connectivity index (χ3n) is 5.33. The van der Waals surface area contributed by atoms with Crippen molar-refractivity contribution in [3.05, 3.63) is 48.0 Å². The van der Waals surface area contributed by atoms with Gasteiger partial charge < -0.3 is 4.74 Å². The zero-order valence-electron chi connectivity index (χ0n) is 12.9. The SMILES string of the molecule is C[C@@H](c1cccc2ccccc12)N1CC2CCOC(=O)C2C1. The summed E-state index contributed by atoms with van der Waals surface area (Å²) < 4.78 is 5.23. The molecule has 3 heteroatoms. The standard InChI is InChI=1S/C19H21NO2/c1-13(16-8-4-6-14-5-2-3-7-17(14)16)20-11-15-9-10-22-19(21)18(15)12-20/h2-8,13,15,18H,9-12H2,1H3/t13-,15?,18?/m0/s1. The normalized spacial score (nSPS) is 26.7. The van der Waals surface area contributed by atoms with Gasteiger partial charge in [-0.2, -0.15) is 0 Å². The highest BCUT2D eigenvalue weighted by atomic mass is 16.5. The fourth-order valence-corrected chi connectivity index (χ4v) is 4.01. The summed E-state index contributed by atoms with van der Waals surface area (Å²) in [5.74, 6) is 0.550. The molecule has 0 N–H and O–H groups in total. The van der Waals surface area contributed by atoms with E-state index in [9.17, 15) is 4.79 Å². The van der Waals surface area contributed by atoms with Crippen molar-refractivity contribution in [3.63, 3.8) is 0 Å². The molecule has 2 aromatic carbocycles. The largest absolute Gasteiger partial charge is 0.465 e. The van der Waals surface area contributed by atoms with Crippen LogP contribution in [-0.4, -0.2) is 30.6 Å². The van der Waals surface area contributed by atoms with Crippen LogP contribution in [0.1, 0.15) is 24.9 Å². The summed E-state index contributed by atoms with van der Waals surface area (Å²) >= 11 is 0. The lowest BCUT2D eigenvalue weighted by Gasteiger charge is -2.25. The molecule has 0 radical (unpaired) electrons. The van der Waals surface area contributed by atoms with Gasteiger partial charge in [-0.15, -0.1) is 0 Å². The van der Waals surface area contributed by atoms with Crippen LogP contribution in [0, 0.1) is 11.8 Å². The molecule has 2 fully saturated rings. The predicted octanol–water partition coefficient (Wildman–Crippen LogP) is 3.40. The number of esters is 1. The van der Waals surface area contributed by atoms with Crippen LogP contribution in [0.15, 0.2) is 42.5 Å². The average Bonchev–Trinajstić information content (AvgIpc) is 2.99. The number of rotatable bonds is 2. The molecule has 4 rings (SSSR count). The number of fused-ring (bicyclic) bond motifs is 2. The van der Waals surface area contributed by atoms with Crippen molar-refractivity contribution in [1.29, 1.82) is 0 Å². The molecule has 0 spiro atoms. The topological polar surface area (TPSA) is 29.5 Å². The van der Waals surface area contributed by atoms with Gasteiger partial charge in [-0.25, -0.2) is 0 Å². The molecule has 2 saturated heterocycles. The lowest BCUT2D eigenvalue weighted by molar-refractivity contribution is -0.154. The first-order valence-electron chi connectivity index (χ1n) is 8.12. The van der Waals surface area contributed by atoms with Crippen molar-refractivity contribution in [2.45, 2.75) is 19.4 Å². The molecule has 2 aliphatic heterocycles. The van der Waals surface area contributed by atoms with Gasteiger partial charge in [0.1, 0.15) is 0 Å². The molecule has 22 heavy (non-hydrogen) atoms. The van der Waals surface area contributed by atoms with E-state index in [1.54, 1.807) is 0 Å². The molecule has 2 aromatic rings. The first-order valence-corrected chi connectivity index (χ1v) is 8.12. The lowest BCUT2D eigenvalue weighted by Crippen LogP contribution is -2.31. The van der Waals surface area contributed by atoms with Gasteiger partial charge in [0.15, 0.2) is 0 Å². The molecule has 2 heterocycles. The van der Waals surface area contributed by atoms with Gasteiger partial charge in [0.25, 0.3) is 0 Å². The number of ether oxygens (including phenoxy) is 1. The zero-order chi connectivity index (χ0) is 15.1. The summed E-state index contributed by atoms with van der Waals surface area (Å²) in [6, 6.07) is 15.4. The Kier molecular flexibility index (Phi) is 3.38. The summed E-state index contributed by atoms with van der Waals surface area (Å²) in [6.07, 6.45) is 1.01. The Balaban J connectivity index is 1.64. The maximum absolute atomic E-state index is 11.9. The second kappa shape index (κ2) is 5.40.